The van der Waals surface area contributed by atoms with Gasteiger partial charge in [-0.05, 0) is 58.3 Å². The predicted octanol–water partition coefficient (Wildman–Crippen LogP) is 0.318. The van der Waals surface area contributed by atoms with E-state index in [1.807, 2.05) is 0 Å². The van der Waals surface area contributed by atoms with Gasteiger partial charge in [0.2, 0.25) is 5.78 Å². The molecule has 11 nitrogen and oxygen atoms in total. The maximum atomic E-state index is 13.7. The van der Waals surface area contributed by atoms with Crippen molar-refractivity contribution in [3.63, 3.8) is 0 Å². The molecule has 36 heavy (non-hydrogen) atoms. The third kappa shape index (κ3) is 3.27. The van der Waals surface area contributed by atoms with Crippen molar-refractivity contribution in [2.45, 2.75) is 44.6 Å². The molecule has 3 aliphatic carbocycles. The molecule has 0 aliphatic heterocycles. The molecule has 0 saturated heterocycles. The highest BCUT2D eigenvalue weighted by atomic mass is 16.4. The van der Waals surface area contributed by atoms with E-state index in [0.717, 1.165) is 6.92 Å². The van der Waals surface area contributed by atoms with Crippen LogP contribution in [0.4, 0.5) is 0 Å². The number of allylic oxidation sites excluding steroid dienone is 1. The van der Waals surface area contributed by atoms with Gasteiger partial charge in [0.05, 0.1) is 22.7 Å². The minimum atomic E-state index is -2.70. The van der Waals surface area contributed by atoms with E-state index >= 15 is 0 Å². The number of nitrogens with two attached hydrogens (primary N) is 1. The summed E-state index contributed by atoms with van der Waals surface area (Å²) in [7, 11) is 3.12. The third-order valence-electron chi connectivity index (χ3n) is 7.57. The van der Waals surface area contributed by atoms with Gasteiger partial charge in [-0.15, -0.1) is 0 Å². The monoisotopic (exact) mass is 500 g/mol. The topological polar surface area (TPSA) is 199 Å². The molecule has 11 heteroatoms. The van der Waals surface area contributed by atoms with Gasteiger partial charge < -0.3 is 31.3 Å². The maximum absolute atomic E-state index is 13.7. The van der Waals surface area contributed by atoms with Gasteiger partial charge in [-0.3, -0.25) is 24.1 Å². The van der Waals surface area contributed by atoms with E-state index in [1.54, 1.807) is 14.1 Å². The summed E-state index contributed by atoms with van der Waals surface area (Å²) in [5, 5.41) is 54.5. The first-order chi connectivity index (χ1) is 16.7. The van der Waals surface area contributed by atoms with E-state index in [2.05, 4.69) is 0 Å². The molecule has 1 aromatic carbocycles. The summed E-state index contributed by atoms with van der Waals surface area (Å²) in [6.07, 6.45) is -2.05. The van der Waals surface area contributed by atoms with Gasteiger partial charge in [-0.2, -0.15) is 0 Å². The highest BCUT2D eigenvalue weighted by molar-refractivity contribution is 6.18. The van der Waals surface area contributed by atoms with Crippen LogP contribution in [0.3, 0.4) is 0 Å². The Morgan fingerprint density at radius 1 is 1.11 bits per heavy atom. The van der Waals surface area contributed by atoms with Crippen LogP contribution >= 0.6 is 0 Å². The lowest BCUT2D eigenvalue weighted by molar-refractivity contribution is -0.148. The Morgan fingerprint density at radius 2 is 1.69 bits per heavy atom. The highest BCUT2D eigenvalue weighted by Gasteiger charge is 2.63. The van der Waals surface area contributed by atoms with Gasteiger partial charge in [0.15, 0.2) is 23.0 Å². The number of phenolic OH excluding ortho intramolecular Hbond substituents is 1. The number of nitrogens with zero attached hydrogens (tertiary/aromatic N) is 1. The maximum Gasteiger partial charge on any atom is 0.205 e. The molecular formula is C25H28N2O9. The number of benzene rings is 1. The van der Waals surface area contributed by atoms with Gasteiger partial charge in [0.1, 0.15) is 23.5 Å². The van der Waals surface area contributed by atoms with Crippen molar-refractivity contribution in [1.82, 2.24) is 4.90 Å². The standard InChI is InChI=1S/C25H28N2O9/c1-8(28)11-7-12(9(2)29)19(30)16-13(11)5-10-6-14-18(27(3)4)21(32)17(24(26)35)23(34)25(14,36)22(33)15(10)20(16)31/h7,10,14,18,24,30,32-33,35-36H,5-6,26H2,1-4H3/t10-,14-,18-,24?,25-/m0/s1. The van der Waals surface area contributed by atoms with Gasteiger partial charge in [-0.25, -0.2) is 0 Å². The van der Waals surface area contributed by atoms with E-state index < -0.39 is 75.7 Å². The molecule has 0 saturated carbocycles. The second kappa shape index (κ2) is 8.34. The Balaban J connectivity index is 2.01. The summed E-state index contributed by atoms with van der Waals surface area (Å²) in [5.74, 6) is -7.32. The average molecular weight is 501 g/mol. The Morgan fingerprint density at radius 3 is 2.19 bits per heavy atom. The second-order valence-corrected chi connectivity index (χ2v) is 9.87. The predicted molar refractivity (Wildman–Crippen MR) is 125 cm³/mol. The molecule has 192 valence electrons. The number of phenols is 1. The first-order valence-electron chi connectivity index (χ1n) is 11.3. The zero-order valence-electron chi connectivity index (χ0n) is 20.2. The van der Waals surface area contributed by atoms with Crippen LogP contribution in [0, 0.1) is 11.8 Å². The van der Waals surface area contributed by atoms with Gasteiger partial charge in [0, 0.05) is 17.1 Å². The van der Waals surface area contributed by atoms with Crippen LogP contribution in [0.2, 0.25) is 0 Å². The first kappa shape index (κ1) is 25.7. The van der Waals surface area contributed by atoms with Crippen molar-refractivity contribution in [2.75, 3.05) is 14.1 Å². The third-order valence-corrected chi connectivity index (χ3v) is 7.57. The quantitative estimate of drug-likeness (QED) is 0.246. The number of carbonyl (C=O) groups excluding carboxylic acids is 4. The molecule has 0 bridgehead atoms. The molecule has 7 N–H and O–H groups in total. The van der Waals surface area contributed by atoms with Gasteiger partial charge in [-0.1, -0.05) is 0 Å². The Hall–Kier alpha value is -3.38. The fourth-order valence-corrected chi connectivity index (χ4v) is 5.97. The zero-order valence-corrected chi connectivity index (χ0v) is 20.2. The summed E-state index contributed by atoms with van der Waals surface area (Å²) in [6, 6.07) is 0.178. The summed E-state index contributed by atoms with van der Waals surface area (Å²) in [6.45, 7) is 2.42. The summed E-state index contributed by atoms with van der Waals surface area (Å²) in [5.41, 5.74) is 1.43. The van der Waals surface area contributed by atoms with Crippen LogP contribution < -0.4 is 5.73 Å². The first-order valence-corrected chi connectivity index (χ1v) is 11.3. The van der Waals surface area contributed by atoms with E-state index in [4.69, 9.17) is 5.73 Å². The van der Waals surface area contributed by atoms with Crippen LogP contribution in [-0.4, -0.2) is 85.5 Å². The minimum Gasteiger partial charge on any atom is -0.510 e. The fraction of sp³-hybridized carbons (Fsp3) is 0.440. The summed E-state index contributed by atoms with van der Waals surface area (Å²) < 4.78 is 0. The van der Waals surface area contributed by atoms with Gasteiger partial charge in [0.25, 0.3) is 0 Å². The van der Waals surface area contributed by atoms with Crippen LogP contribution in [0.15, 0.2) is 28.7 Å². The molecule has 3 aliphatic rings. The molecule has 1 aromatic rings. The number of hydrogen-bond acceptors (Lipinski definition) is 11. The number of carbonyl (C=O) groups is 4. The fourth-order valence-electron chi connectivity index (χ4n) is 5.97. The number of hydrogen-bond donors (Lipinski definition) is 6. The number of ketones is 4. The Bertz CT molecular complexity index is 1310. The molecule has 0 radical (unpaired) electrons. The SMILES string of the molecule is CC(=O)c1cc(C(C)=O)c2c(c1O)C(=O)C1=C(O)[C@]3(O)C(=O)C(C(N)O)=C(O)[C@@H](N(C)C)[C@@H]3C[C@@H]1C2. The molecule has 0 spiro atoms. The number of fused-ring (bicyclic) bond motifs is 3. The lowest BCUT2D eigenvalue weighted by Gasteiger charge is -2.50. The summed E-state index contributed by atoms with van der Waals surface area (Å²) >= 11 is 0. The number of aromatic hydroxyl groups is 1. The van der Waals surface area contributed by atoms with Crippen LogP contribution in [0.1, 0.15) is 56.9 Å². The smallest absolute Gasteiger partial charge is 0.205 e. The average Bonchev–Trinajstić information content (AvgIpc) is 2.75. The van der Waals surface area contributed by atoms with E-state index in [0.29, 0.717) is 0 Å². The van der Waals surface area contributed by atoms with Crippen LogP contribution in [0.25, 0.3) is 0 Å². The van der Waals surface area contributed by atoms with Crippen molar-refractivity contribution >= 4 is 23.1 Å². The molecule has 0 heterocycles. The van der Waals surface area contributed by atoms with Crippen molar-refractivity contribution in [3.8, 4) is 5.75 Å². The van der Waals surface area contributed by atoms with E-state index in [-0.39, 0.29) is 40.7 Å². The molecule has 5 atom stereocenters. The molecule has 0 aromatic heterocycles. The molecule has 4 rings (SSSR count). The largest absolute Gasteiger partial charge is 0.510 e. The normalized spacial score (nSPS) is 28.6. The lowest BCUT2D eigenvalue weighted by atomic mass is 9.58. The molecular weight excluding hydrogens is 472 g/mol. The lowest BCUT2D eigenvalue weighted by Crippen LogP contribution is -2.64. The number of rotatable bonds is 4. The Labute approximate surface area is 206 Å². The van der Waals surface area contributed by atoms with Crippen LogP contribution in [0.5, 0.6) is 5.75 Å². The number of aliphatic hydroxyl groups is 4. The summed E-state index contributed by atoms with van der Waals surface area (Å²) in [4.78, 5) is 53.0. The molecule has 0 fully saturated rings. The number of likely N-dealkylation sites (N-methyl/N-ethyl adjacent to an activating group) is 1. The Kier molecular flexibility index (Phi) is 5.96. The molecule has 1 unspecified atom stereocenters. The number of Topliss-reactive ketones (excluding diaryl/α,β-unsaturated/α-hetero) is 4. The van der Waals surface area contributed by atoms with Crippen LogP contribution in [-0.2, 0) is 11.2 Å². The number of aliphatic hydroxyl groups excluding tert-OH is 3. The minimum absolute atomic E-state index is 0.0150. The van der Waals surface area contributed by atoms with E-state index in [1.165, 1.54) is 17.9 Å². The van der Waals surface area contributed by atoms with E-state index in [9.17, 15) is 44.7 Å². The second-order valence-electron chi connectivity index (χ2n) is 9.87. The van der Waals surface area contributed by atoms with Crippen molar-refractivity contribution in [1.29, 1.82) is 0 Å². The molecule has 0 amide bonds. The zero-order chi connectivity index (χ0) is 27.0. The van der Waals surface area contributed by atoms with Gasteiger partial charge >= 0.3 is 0 Å². The van der Waals surface area contributed by atoms with Crippen molar-refractivity contribution in [3.05, 3.63) is 51.0 Å². The van der Waals surface area contributed by atoms with Crippen molar-refractivity contribution < 1.29 is 44.7 Å². The highest BCUT2D eigenvalue weighted by Crippen LogP contribution is 2.53. The van der Waals surface area contributed by atoms with Crippen molar-refractivity contribution in [2.24, 2.45) is 17.6 Å².